The average molecular weight is 481 g/mol. The molecule has 15 heavy (non-hydrogen) atoms. The molecule has 0 atom stereocenters. The van der Waals surface area contributed by atoms with Crippen molar-refractivity contribution in [1.29, 1.82) is 0 Å². The van der Waals surface area contributed by atoms with E-state index in [2.05, 4.69) is 32.3 Å². The van der Waals surface area contributed by atoms with E-state index in [1.165, 1.54) is 39.0 Å². The van der Waals surface area contributed by atoms with Crippen molar-refractivity contribution >= 4 is 15.9 Å². The van der Waals surface area contributed by atoms with Gasteiger partial charge >= 0.3 is 0 Å². The van der Waals surface area contributed by atoms with E-state index in [0.717, 1.165) is 11.9 Å². The Hall–Kier alpha value is 1.80. The van der Waals surface area contributed by atoms with Gasteiger partial charge in [0.15, 0.2) is 0 Å². The van der Waals surface area contributed by atoms with Gasteiger partial charge in [0.05, 0.1) is 38.1 Å². The van der Waals surface area contributed by atoms with E-state index in [0.29, 0.717) is 0 Å². The first-order chi connectivity index (χ1) is 5.91. The number of alkyl halides is 1. The molecular formula is C8H23Br4N3. The maximum Gasteiger partial charge on any atom is 0.0853 e. The summed E-state index contributed by atoms with van der Waals surface area (Å²) >= 11 is 3.41. The van der Waals surface area contributed by atoms with E-state index in [1.54, 1.807) is 0 Å². The smallest absolute Gasteiger partial charge is 0.0853 e. The highest BCUT2D eigenvalue weighted by molar-refractivity contribution is 9.09. The standard InChI is InChI=1S/C8H20BrN3.3BrH/c9-3-8-12-7-2-6-11-5-1-4-10;;;/h11-12H,1-8,10H2;3*1H. The summed E-state index contributed by atoms with van der Waals surface area (Å²) < 4.78 is 0. The van der Waals surface area contributed by atoms with Crippen LogP contribution < -0.4 is 67.3 Å². The Morgan fingerprint density at radius 1 is 0.800 bits per heavy atom. The summed E-state index contributed by atoms with van der Waals surface area (Å²) in [5.74, 6) is 0. The van der Waals surface area contributed by atoms with E-state index in [-0.39, 0.29) is 50.9 Å². The Labute approximate surface area is 133 Å². The van der Waals surface area contributed by atoms with E-state index in [9.17, 15) is 0 Å². The monoisotopic (exact) mass is 477 g/mol. The van der Waals surface area contributed by atoms with Crippen LogP contribution in [0.2, 0.25) is 0 Å². The zero-order valence-corrected chi connectivity index (χ0v) is 15.4. The van der Waals surface area contributed by atoms with Crippen molar-refractivity contribution in [3.8, 4) is 0 Å². The molecule has 0 unspecified atom stereocenters. The molecule has 0 saturated heterocycles. The second-order valence-electron chi connectivity index (χ2n) is 2.98. The van der Waals surface area contributed by atoms with Crippen LogP contribution >= 0.6 is 15.9 Å². The third-order valence-electron chi connectivity index (χ3n) is 1.79. The molecule has 98 valence electrons. The van der Waals surface area contributed by atoms with Crippen molar-refractivity contribution < 1.29 is 67.3 Å². The van der Waals surface area contributed by atoms with E-state index >= 15 is 0 Å². The zero-order valence-electron chi connectivity index (χ0n) is 9.03. The summed E-state index contributed by atoms with van der Waals surface area (Å²) in [5, 5.41) is 5.87. The van der Waals surface area contributed by atoms with Crippen molar-refractivity contribution in [2.45, 2.75) is 12.8 Å². The van der Waals surface area contributed by atoms with Crippen molar-refractivity contribution in [2.75, 3.05) is 38.1 Å². The molecule has 0 aromatic heterocycles. The number of nitrogens with two attached hydrogens (primary N) is 2. The zero-order chi connectivity index (χ0) is 9.07. The Kier molecular flexibility index (Phi) is 42.4. The van der Waals surface area contributed by atoms with Gasteiger partial charge in [-0.15, -0.1) is 0 Å². The number of rotatable bonds is 9. The van der Waals surface area contributed by atoms with E-state index < -0.39 is 0 Å². The highest BCUT2D eigenvalue weighted by atomic mass is 79.9. The molecule has 0 fully saturated rings. The molecule has 0 bridgehead atoms. The minimum atomic E-state index is 0. The number of halogens is 4. The van der Waals surface area contributed by atoms with Crippen LogP contribution in [-0.4, -0.2) is 38.1 Å². The first kappa shape index (κ1) is 25.6. The fourth-order valence-corrected chi connectivity index (χ4v) is 1.38. The molecule has 7 N–H and O–H groups in total. The third-order valence-corrected chi connectivity index (χ3v) is 2.25. The summed E-state index contributed by atoms with van der Waals surface area (Å²) in [6.07, 6.45) is 2.58. The lowest BCUT2D eigenvalue weighted by atomic mass is 10.4. The molecule has 0 aliphatic carbocycles. The van der Waals surface area contributed by atoms with Crippen LogP contribution in [0.1, 0.15) is 12.8 Å². The van der Waals surface area contributed by atoms with Gasteiger partial charge in [-0.05, 0) is 0 Å². The van der Waals surface area contributed by atoms with Crippen LogP contribution in [0.5, 0.6) is 0 Å². The van der Waals surface area contributed by atoms with Crippen molar-refractivity contribution in [3.05, 3.63) is 0 Å². The lowest BCUT2D eigenvalue weighted by Crippen LogP contribution is -3.00. The highest BCUT2D eigenvalue weighted by Crippen LogP contribution is 1.69. The molecule has 0 aromatic rings. The van der Waals surface area contributed by atoms with Gasteiger partial charge in [0.25, 0.3) is 0 Å². The minimum Gasteiger partial charge on any atom is -1.00 e. The maximum absolute atomic E-state index is 3.81. The molecule has 0 radical (unpaired) electrons. The van der Waals surface area contributed by atoms with Gasteiger partial charge in [-0.3, -0.25) is 0 Å². The van der Waals surface area contributed by atoms with E-state index in [4.69, 9.17) is 0 Å². The minimum absolute atomic E-state index is 0. The molecular weight excluding hydrogens is 458 g/mol. The van der Waals surface area contributed by atoms with Gasteiger partial charge in [0.1, 0.15) is 0 Å². The first-order valence-corrected chi connectivity index (χ1v) is 6.02. The third kappa shape index (κ3) is 25.8. The number of hydrogen-bond donors (Lipinski definition) is 3. The first-order valence-electron chi connectivity index (χ1n) is 4.90. The number of quaternary nitrogens is 3. The molecule has 7 heteroatoms. The quantitative estimate of drug-likeness (QED) is 0.217. The molecule has 0 aliphatic heterocycles. The second-order valence-corrected chi connectivity index (χ2v) is 3.77. The predicted octanol–water partition coefficient (Wildman–Crippen LogP) is -11.5. The summed E-state index contributed by atoms with van der Waals surface area (Å²) in [6.45, 7) is 6.08. The summed E-state index contributed by atoms with van der Waals surface area (Å²) in [7, 11) is 0. The van der Waals surface area contributed by atoms with Crippen LogP contribution in [0.15, 0.2) is 0 Å². The number of hydrogen-bond acceptors (Lipinski definition) is 0. The summed E-state index contributed by atoms with van der Waals surface area (Å²) in [4.78, 5) is 0. The highest BCUT2D eigenvalue weighted by Gasteiger charge is 1.93. The second kappa shape index (κ2) is 24.9. The van der Waals surface area contributed by atoms with Crippen LogP contribution in [0.3, 0.4) is 0 Å². The van der Waals surface area contributed by atoms with Crippen LogP contribution in [0, 0.1) is 0 Å². The Balaban J connectivity index is -0.000000202. The van der Waals surface area contributed by atoms with Gasteiger partial charge in [0.2, 0.25) is 0 Å². The average Bonchev–Trinajstić information content (AvgIpc) is 2.10. The topological polar surface area (TPSA) is 60.9 Å². The summed E-state index contributed by atoms with van der Waals surface area (Å²) in [5.41, 5.74) is 3.81. The molecule has 0 amide bonds. The lowest BCUT2D eigenvalue weighted by Gasteiger charge is -1.99. The van der Waals surface area contributed by atoms with Crippen molar-refractivity contribution in [3.63, 3.8) is 0 Å². The van der Waals surface area contributed by atoms with Crippen LogP contribution in [-0.2, 0) is 0 Å². The molecule has 0 aromatic carbocycles. The van der Waals surface area contributed by atoms with Crippen molar-refractivity contribution in [1.82, 2.24) is 0 Å². The van der Waals surface area contributed by atoms with Crippen LogP contribution in [0.4, 0.5) is 0 Å². The summed E-state index contributed by atoms with van der Waals surface area (Å²) in [6, 6.07) is 0. The predicted molar refractivity (Wildman–Crippen MR) is 54.1 cm³/mol. The normalized spacial score (nSPS) is 8.40. The van der Waals surface area contributed by atoms with Gasteiger partial charge in [-0.2, -0.15) is 0 Å². The Morgan fingerprint density at radius 3 is 1.73 bits per heavy atom. The molecule has 0 rings (SSSR count). The fraction of sp³-hybridized carbons (Fsp3) is 1.00. The Morgan fingerprint density at radius 2 is 1.27 bits per heavy atom. The van der Waals surface area contributed by atoms with Crippen molar-refractivity contribution in [2.24, 2.45) is 0 Å². The molecule has 0 saturated carbocycles. The SMILES string of the molecule is [Br-].[Br-].[Br-].[NH3+]CCC[NH2+]CCC[NH2+]CCBr. The lowest BCUT2D eigenvalue weighted by molar-refractivity contribution is -0.679. The van der Waals surface area contributed by atoms with E-state index in [1.807, 2.05) is 0 Å². The fourth-order valence-electron chi connectivity index (χ4n) is 1.06. The molecule has 0 aliphatic rings. The Bertz CT molecular complexity index is 78.3. The molecule has 0 heterocycles. The van der Waals surface area contributed by atoms with Crippen LogP contribution in [0.25, 0.3) is 0 Å². The largest absolute Gasteiger partial charge is 1.00 e. The molecule has 3 nitrogen and oxygen atoms in total. The molecule has 0 spiro atoms. The van der Waals surface area contributed by atoms with Gasteiger partial charge < -0.3 is 67.3 Å². The van der Waals surface area contributed by atoms with Gasteiger partial charge in [-0.1, -0.05) is 15.9 Å². The maximum atomic E-state index is 3.81. The van der Waals surface area contributed by atoms with Gasteiger partial charge in [0, 0.05) is 12.8 Å². The van der Waals surface area contributed by atoms with Gasteiger partial charge in [-0.25, -0.2) is 0 Å².